The second-order valence-electron chi connectivity index (χ2n) is 11.9. The van der Waals surface area contributed by atoms with Crippen LogP contribution in [0.1, 0.15) is 52.9 Å². The van der Waals surface area contributed by atoms with Gasteiger partial charge in [0.15, 0.2) is 0 Å². The van der Waals surface area contributed by atoms with E-state index in [2.05, 4.69) is 15.2 Å². The maximum Gasteiger partial charge on any atom is 0.256 e. The molecule has 0 spiro atoms. The van der Waals surface area contributed by atoms with E-state index < -0.39 is 10.8 Å². The highest BCUT2D eigenvalue weighted by Gasteiger charge is 2.33. The number of β-amino-alcohol motifs (C(OH)–C–C–N with tert-alkyl or cyclic N) is 1. The van der Waals surface area contributed by atoms with E-state index in [-0.39, 0.29) is 36.1 Å². The fourth-order valence-electron chi connectivity index (χ4n) is 6.59. The number of H-pyrrole nitrogens is 1. The number of carbonyl (C=O) groups is 2. The number of rotatable bonds is 8. The van der Waals surface area contributed by atoms with Crippen LogP contribution in [-0.2, 0) is 32.6 Å². The molecule has 2 fully saturated rings. The Kier molecular flexibility index (Phi) is 9.04. The number of carbonyl (C=O) groups excluding carboxylic acids is 2. The summed E-state index contributed by atoms with van der Waals surface area (Å²) < 4.78 is 13.3. The molecule has 1 unspecified atom stereocenters. The van der Waals surface area contributed by atoms with Gasteiger partial charge >= 0.3 is 0 Å². The van der Waals surface area contributed by atoms with Crippen LogP contribution in [0.4, 0.5) is 5.69 Å². The highest BCUT2D eigenvalue weighted by Crippen LogP contribution is 2.36. The Morgan fingerprint density at radius 2 is 1.89 bits per heavy atom. The number of fused-ring (bicyclic) bond motifs is 1. The molecular formula is C33H36Cl2N4O4S. The van der Waals surface area contributed by atoms with Gasteiger partial charge in [0.1, 0.15) is 0 Å². The maximum absolute atomic E-state index is 13.5. The Bertz CT molecular complexity index is 1670. The van der Waals surface area contributed by atoms with Gasteiger partial charge in [-0.05, 0) is 80.6 Å². The Hall–Kier alpha value is -2.95. The number of aromatic amines is 1. The van der Waals surface area contributed by atoms with E-state index in [4.69, 9.17) is 23.2 Å². The number of hydrogen-bond acceptors (Lipinski definition) is 5. The molecule has 6 rings (SSSR count). The van der Waals surface area contributed by atoms with E-state index in [1.807, 2.05) is 24.8 Å². The zero-order valence-electron chi connectivity index (χ0n) is 24.8. The second kappa shape index (κ2) is 12.8. The molecule has 0 saturated carbocycles. The second-order valence-corrected chi connectivity index (χ2v) is 14.2. The molecule has 8 nitrogen and oxygen atoms in total. The molecule has 44 heavy (non-hydrogen) atoms. The van der Waals surface area contributed by atoms with Crippen molar-refractivity contribution in [2.45, 2.75) is 62.3 Å². The molecule has 2 aromatic carbocycles. The number of benzene rings is 2. The van der Waals surface area contributed by atoms with Gasteiger partial charge in [-0.3, -0.25) is 18.7 Å². The van der Waals surface area contributed by atoms with Crippen molar-refractivity contribution in [1.29, 1.82) is 0 Å². The summed E-state index contributed by atoms with van der Waals surface area (Å²) in [4.78, 5) is 34.8. The first-order valence-corrected chi connectivity index (χ1v) is 17.0. The number of amides is 2. The van der Waals surface area contributed by atoms with Gasteiger partial charge in [-0.25, -0.2) is 0 Å². The molecule has 3 aliphatic heterocycles. The van der Waals surface area contributed by atoms with Crippen LogP contribution in [0.5, 0.6) is 0 Å². The van der Waals surface area contributed by atoms with Crippen molar-refractivity contribution in [3.8, 4) is 0 Å². The Morgan fingerprint density at radius 1 is 1.11 bits per heavy atom. The predicted molar refractivity (Wildman–Crippen MR) is 175 cm³/mol. The lowest BCUT2D eigenvalue weighted by atomic mass is 10.0. The van der Waals surface area contributed by atoms with Crippen molar-refractivity contribution in [2.75, 3.05) is 31.5 Å². The first-order valence-electron chi connectivity index (χ1n) is 15.0. The fourth-order valence-corrected chi connectivity index (χ4v) is 8.49. The third kappa shape index (κ3) is 6.26. The molecule has 3 N–H and O–H groups in total. The molecule has 3 atom stereocenters. The van der Waals surface area contributed by atoms with Crippen molar-refractivity contribution in [2.24, 2.45) is 0 Å². The van der Waals surface area contributed by atoms with Crippen LogP contribution in [-0.4, -0.2) is 74.2 Å². The predicted octanol–water partition coefficient (Wildman–Crippen LogP) is 5.34. The number of nitrogens with one attached hydrogen (secondary N) is 2. The van der Waals surface area contributed by atoms with Gasteiger partial charge < -0.3 is 20.3 Å². The number of aromatic nitrogens is 1. The number of aliphatic hydroxyl groups excluding tert-OH is 1. The monoisotopic (exact) mass is 654 g/mol. The Labute approximate surface area is 269 Å². The molecule has 2 amide bonds. The minimum Gasteiger partial charge on any atom is -0.392 e. The zero-order valence-corrected chi connectivity index (χ0v) is 27.1. The number of anilines is 1. The van der Waals surface area contributed by atoms with Crippen LogP contribution >= 0.6 is 23.2 Å². The van der Waals surface area contributed by atoms with Crippen LogP contribution in [0.2, 0.25) is 10.0 Å². The van der Waals surface area contributed by atoms with Crippen molar-refractivity contribution < 1.29 is 18.9 Å². The lowest BCUT2D eigenvalue weighted by Gasteiger charge is -2.28. The molecule has 232 valence electrons. The molecule has 2 saturated heterocycles. The van der Waals surface area contributed by atoms with E-state index in [1.165, 1.54) is 0 Å². The van der Waals surface area contributed by atoms with Crippen LogP contribution < -0.4 is 5.32 Å². The molecule has 0 aliphatic carbocycles. The molecule has 1 aromatic heterocycles. The van der Waals surface area contributed by atoms with E-state index in [1.54, 1.807) is 36.4 Å². The lowest BCUT2D eigenvalue weighted by Crippen LogP contribution is -2.43. The number of aryl methyl sites for hydroxylation is 1. The first kappa shape index (κ1) is 31.0. The minimum absolute atomic E-state index is 0.103. The molecular weight excluding hydrogens is 619 g/mol. The summed E-state index contributed by atoms with van der Waals surface area (Å²) in [6.07, 6.45) is 4.59. The fraction of sp³-hybridized carbons (Fsp3) is 0.394. The molecule has 0 radical (unpaired) electrons. The summed E-state index contributed by atoms with van der Waals surface area (Å²) in [6.45, 7) is 7.03. The van der Waals surface area contributed by atoms with Crippen molar-refractivity contribution in [3.05, 3.63) is 80.1 Å². The first-order chi connectivity index (χ1) is 21.1. The van der Waals surface area contributed by atoms with E-state index >= 15 is 0 Å². The summed E-state index contributed by atoms with van der Waals surface area (Å²) in [5.74, 6) is 0.0154. The van der Waals surface area contributed by atoms with Crippen LogP contribution in [0.25, 0.3) is 11.6 Å². The van der Waals surface area contributed by atoms with E-state index in [9.17, 15) is 18.9 Å². The highest BCUT2D eigenvalue weighted by molar-refractivity contribution is 7.84. The van der Waals surface area contributed by atoms with Crippen molar-refractivity contribution in [1.82, 2.24) is 14.8 Å². The number of likely N-dealkylation sites (tertiary alicyclic amines) is 2. The summed E-state index contributed by atoms with van der Waals surface area (Å²) in [5, 5.41) is 13.7. The number of aliphatic hydroxyl groups is 1. The van der Waals surface area contributed by atoms with Crippen molar-refractivity contribution >= 4 is 63.2 Å². The standard InChI is InChI=1S/C33H36Cl2N4O4S/c1-19-24(15-32(41)39-11-4-5-21(39)16-38-12-10-22(40)17-38)20(2)36-31(19)14-26-25-13-23(8-9-30(25)37-33(26)42)44(43)18-27-28(34)6-3-7-29(27)35/h3,6-9,13-14,21-22,36,40H,4-5,10-12,15-18H2,1-2H3,(H,37,42)/b26-14-/t21-,22-,44?/m1/s1. The average molecular weight is 656 g/mol. The smallest absolute Gasteiger partial charge is 0.256 e. The summed E-state index contributed by atoms with van der Waals surface area (Å²) in [5.41, 5.74) is 5.93. The van der Waals surface area contributed by atoms with Crippen molar-refractivity contribution in [3.63, 3.8) is 0 Å². The quantitative estimate of drug-likeness (QED) is 0.285. The van der Waals surface area contributed by atoms with E-state index in [0.717, 1.165) is 61.4 Å². The largest absolute Gasteiger partial charge is 0.392 e. The number of hydrogen-bond donors (Lipinski definition) is 3. The third-order valence-electron chi connectivity index (χ3n) is 9.04. The van der Waals surface area contributed by atoms with Gasteiger partial charge in [0.05, 0.1) is 34.7 Å². The van der Waals surface area contributed by atoms with Crippen LogP contribution in [0.3, 0.4) is 0 Å². The maximum atomic E-state index is 13.5. The SMILES string of the molecule is Cc1[nH]c(/C=C2\C(=O)Nc3ccc(S(=O)Cc4c(Cl)cccc4Cl)cc32)c(C)c1CC(=O)N1CCC[C@@H]1CN1CC[C@@H](O)C1. The molecule has 3 aromatic rings. The van der Waals surface area contributed by atoms with Gasteiger partial charge in [0, 0.05) is 75.4 Å². The van der Waals surface area contributed by atoms with Gasteiger partial charge in [-0.1, -0.05) is 29.3 Å². The molecule has 0 bridgehead atoms. The van der Waals surface area contributed by atoms with E-state index in [0.29, 0.717) is 43.9 Å². The zero-order chi connectivity index (χ0) is 31.1. The number of nitrogens with zero attached hydrogens (tertiary/aromatic N) is 2. The van der Waals surface area contributed by atoms with Crippen LogP contribution in [0.15, 0.2) is 41.3 Å². The summed E-state index contributed by atoms with van der Waals surface area (Å²) >= 11 is 12.6. The van der Waals surface area contributed by atoms with Gasteiger partial charge in [-0.2, -0.15) is 0 Å². The molecule has 11 heteroatoms. The third-order valence-corrected chi connectivity index (χ3v) is 11.1. The topological polar surface area (TPSA) is 106 Å². The van der Waals surface area contributed by atoms with Gasteiger partial charge in [0.2, 0.25) is 5.91 Å². The summed E-state index contributed by atoms with van der Waals surface area (Å²) in [6, 6.07) is 10.6. The molecule has 4 heterocycles. The van der Waals surface area contributed by atoms with Crippen LogP contribution in [0, 0.1) is 13.8 Å². The van der Waals surface area contributed by atoms with Gasteiger partial charge in [-0.15, -0.1) is 0 Å². The highest BCUT2D eigenvalue weighted by atomic mass is 35.5. The average Bonchev–Trinajstić information content (AvgIpc) is 3.75. The minimum atomic E-state index is -1.44. The number of halogens is 2. The normalized spacial score (nSPS) is 21.7. The van der Waals surface area contributed by atoms with Gasteiger partial charge in [0.25, 0.3) is 5.91 Å². The Balaban J connectivity index is 1.21. The Morgan fingerprint density at radius 3 is 2.61 bits per heavy atom. The summed E-state index contributed by atoms with van der Waals surface area (Å²) in [7, 11) is -1.44. The molecule has 3 aliphatic rings. The lowest BCUT2D eigenvalue weighted by molar-refractivity contribution is -0.131.